The van der Waals surface area contributed by atoms with E-state index >= 15 is 0 Å². The number of esters is 1. The molecule has 3 nitrogen and oxygen atoms in total. The van der Waals surface area contributed by atoms with Crippen molar-refractivity contribution >= 4 is 11.8 Å². The molecule has 0 unspecified atom stereocenters. The van der Waals surface area contributed by atoms with E-state index in [1.165, 1.54) is 0 Å². The summed E-state index contributed by atoms with van der Waals surface area (Å²) in [6, 6.07) is 0. The van der Waals surface area contributed by atoms with Gasteiger partial charge in [-0.15, -0.1) is 0 Å². The first-order valence-corrected chi connectivity index (χ1v) is 3.88. The van der Waals surface area contributed by atoms with E-state index in [1.807, 2.05) is 0 Å². The summed E-state index contributed by atoms with van der Waals surface area (Å²) >= 11 is 0. The quantitative estimate of drug-likeness (QED) is 0.566. The van der Waals surface area contributed by atoms with Gasteiger partial charge < -0.3 is 4.74 Å². The molecule has 0 saturated heterocycles. The first kappa shape index (κ1) is 10.1. The fraction of sp³-hybridized carbons (Fsp3) is 0.750. The summed E-state index contributed by atoms with van der Waals surface area (Å²) < 4.78 is 4.70. The van der Waals surface area contributed by atoms with Crippen molar-refractivity contribution in [3.63, 3.8) is 0 Å². The maximum absolute atomic E-state index is 10.7. The monoisotopic (exact) mass is 158 g/mol. The number of ketones is 1. The van der Waals surface area contributed by atoms with E-state index in [1.54, 1.807) is 13.8 Å². The highest BCUT2D eigenvalue weighted by Gasteiger charge is 2.00. The summed E-state index contributed by atoms with van der Waals surface area (Å²) in [6.07, 6.45) is 1.24. The highest BCUT2D eigenvalue weighted by molar-refractivity contribution is 5.78. The van der Waals surface area contributed by atoms with Gasteiger partial charge >= 0.3 is 5.97 Å². The van der Waals surface area contributed by atoms with Crippen molar-refractivity contribution in [2.75, 3.05) is 6.61 Å². The highest BCUT2D eigenvalue weighted by Crippen LogP contribution is 1.91. The van der Waals surface area contributed by atoms with Gasteiger partial charge in [0, 0.05) is 19.3 Å². The molecule has 0 aliphatic rings. The van der Waals surface area contributed by atoms with Gasteiger partial charge in [-0.05, 0) is 0 Å². The Bertz CT molecular complexity index is 124. The molecule has 0 heterocycles. The molecule has 0 amide bonds. The topological polar surface area (TPSA) is 43.4 Å². The highest BCUT2D eigenvalue weighted by atomic mass is 16.5. The maximum Gasteiger partial charge on any atom is 0.305 e. The first-order valence-electron chi connectivity index (χ1n) is 3.88. The smallest absolute Gasteiger partial charge is 0.305 e. The molecule has 0 rings (SSSR count). The second kappa shape index (κ2) is 5.89. The van der Waals surface area contributed by atoms with Crippen LogP contribution in [0.4, 0.5) is 0 Å². The Morgan fingerprint density at radius 3 is 2.27 bits per heavy atom. The summed E-state index contributed by atoms with van der Waals surface area (Å²) in [6.45, 7) is 3.76. The third-order valence-corrected chi connectivity index (χ3v) is 1.33. The molecule has 0 N–H and O–H groups in total. The lowest BCUT2D eigenvalue weighted by Crippen LogP contribution is -2.07. The van der Waals surface area contributed by atoms with Crippen LogP contribution in [0, 0.1) is 0 Å². The molecular weight excluding hydrogens is 144 g/mol. The summed E-state index contributed by atoms with van der Waals surface area (Å²) in [5, 5.41) is 0. The Hall–Kier alpha value is -0.860. The van der Waals surface area contributed by atoms with Crippen LogP contribution in [-0.2, 0) is 14.3 Å². The molecule has 0 aliphatic carbocycles. The molecule has 0 radical (unpaired) electrons. The largest absolute Gasteiger partial charge is 0.465 e. The molecule has 0 aromatic heterocycles. The summed E-state index contributed by atoms with van der Waals surface area (Å²) in [7, 11) is 0. The minimum atomic E-state index is -0.242. The van der Waals surface area contributed by atoms with Gasteiger partial charge in [0.25, 0.3) is 0 Å². The van der Waals surface area contributed by atoms with Crippen molar-refractivity contribution in [2.45, 2.75) is 33.1 Å². The van der Waals surface area contributed by atoms with Crippen LogP contribution in [0.3, 0.4) is 0 Å². The maximum atomic E-state index is 10.7. The third-order valence-electron chi connectivity index (χ3n) is 1.33. The molecule has 11 heavy (non-hydrogen) atoms. The van der Waals surface area contributed by atoms with E-state index in [9.17, 15) is 9.59 Å². The minimum absolute atomic E-state index is 0.133. The fourth-order valence-electron chi connectivity index (χ4n) is 0.558. The molecule has 0 aliphatic heterocycles. The molecule has 0 fully saturated rings. The Morgan fingerprint density at radius 2 is 1.82 bits per heavy atom. The molecule has 0 aromatic rings. The minimum Gasteiger partial charge on any atom is -0.465 e. The van der Waals surface area contributed by atoms with E-state index in [0.717, 1.165) is 0 Å². The zero-order chi connectivity index (χ0) is 8.69. The number of ether oxygens (including phenoxy) is 1. The normalized spacial score (nSPS) is 9.27. The molecule has 0 spiro atoms. The van der Waals surface area contributed by atoms with E-state index in [2.05, 4.69) is 0 Å². The zero-order valence-electron chi connectivity index (χ0n) is 7.05. The lowest BCUT2D eigenvalue weighted by molar-refractivity contribution is -0.143. The number of Topliss-reactive ketones (excluding diaryl/α,β-unsaturated/α-hetero) is 1. The van der Waals surface area contributed by atoms with Gasteiger partial charge in [-0.25, -0.2) is 0 Å². The van der Waals surface area contributed by atoms with Gasteiger partial charge in [-0.2, -0.15) is 0 Å². The standard InChI is InChI=1S/C8H14O3/c1-3-7(9)5-6-11-8(10)4-2/h3-6H2,1-2H3. The van der Waals surface area contributed by atoms with Crippen LogP contribution >= 0.6 is 0 Å². The van der Waals surface area contributed by atoms with E-state index in [0.29, 0.717) is 19.3 Å². The van der Waals surface area contributed by atoms with E-state index in [4.69, 9.17) is 4.74 Å². The lowest BCUT2D eigenvalue weighted by Gasteiger charge is -2.00. The average Bonchev–Trinajstić information content (AvgIpc) is 2.04. The Morgan fingerprint density at radius 1 is 1.18 bits per heavy atom. The van der Waals surface area contributed by atoms with Crippen LogP contribution in [0.15, 0.2) is 0 Å². The van der Waals surface area contributed by atoms with Crippen molar-refractivity contribution < 1.29 is 14.3 Å². The predicted molar refractivity (Wildman–Crippen MR) is 41.2 cm³/mol. The van der Waals surface area contributed by atoms with Crippen LogP contribution < -0.4 is 0 Å². The van der Waals surface area contributed by atoms with Crippen molar-refractivity contribution in [2.24, 2.45) is 0 Å². The first-order chi connectivity index (χ1) is 5.20. The summed E-state index contributed by atoms with van der Waals surface area (Å²) in [4.78, 5) is 21.2. The van der Waals surface area contributed by atoms with Gasteiger partial charge in [0.05, 0.1) is 6.61 Å². The van der Waals surface area contributed by atoms with Crippen molar-refractivity contribution in [3.8, 4) is 0 Å². The molecule has 3 heteroatoms. The molecule has 0 saturated carbocycles. The molecular formula is C8H14O3. The SMILES string of the molecule is CCC(=O)CCOC(=O)CC. The van der Waals surface area contributed by atoms with Crippen LogP contribution in [0.25, 0.3) is 0 Å². The molecule has 0 bridgehead atoms. The summed E-state index contributed by atoms with van der Waals surface area (Å²) in [5.74, 6) is -0.109. The fourth-order valence-corrected chi connectivity index (χ4v) is 0.558. The lowest BCUT2D eigenvalue weighted by atomic mass is 10.2. The van der Waals surface area contributed by atoms with Gasteiger partial charge in [0.15, 0.2) is 0 Å². The van der Waals surface area contributed by atoms with E-state index in [-0.39, 0.29) is 18.4 Å². The summed E-state index contributed by atoms with van der Waals surface area (Å²) in [5.41, 5.74) is 0. The predicted octanol–water partition coefficient (Wildman–Crippen LogP) is 1.31. The third kappa shape index (κ3) is 5.58. The number of rotatable bonds is 5. The Balaban J connectivity index is 3.27. The van der Waals surface area contributed by atoms with Crippen LogP contribution in [0.5, 0.6) is 0 Å². The van der Waals surface area contributed by atoms with Crippen molar-refractivity contribution in [1.82, 2.24) is 0 Å². The number of hydrogen-bond acceptors (Lipinski definition) is 3. The molecule has 0 aromatic carbocycles. The Kier molecular flexibility index (Phi) is 5.43. The number of hydrogen-bond donors (Lipinski definition) is 0. The Labute approximate surface area is 66.7 Å². The van der Waals surface area contributed by atoms with E-state index < -0.39 is 0 Å². The van der Waals surface area contributed by atoms with Gasteiger partial charge in [-0.3, -0.25) is 9.59 Å². The second-order valence-corrected chi connectivity index (χ2v) is 2.22. The zero-order valence-corrected chi connectivity index (χ0v) is 7.05. The number of carbonyl (C=O) groups excluding carboxylic acids is 2. The van der Waals surface area contributed by atoms with Gasteiger partial charge in [0.1, 0.15) is 5.78 Å². The van der Waals surface area contributed by atoms with Crippen molar-refractivity contribution in [3.05, 3.63) is 0 Å². The average molecular weight is 158 g/mol. The van der Waals surface area contributed by atoms with Crippen LogP contribution in [0.1, 0.15) is 33.1 Å². The van der Waals surface area contributed by atoms with Gasteiger partial charge in [-0.1, -0.05) is 13.8 Å². The van der Waals surface area contributed by atoms with Gasteiger partial charge in [0.2, 0.25) is 0 Å². The molecule has 64 valence electrons. The second-order valence-electron chi connectivity index (χ2n) is 2.22. The van der Waals surface area contributed by atoms with Crippen LogP contribution in [-0.4, -0.2) is 18.4 Å². The molecule has 0 atom stereocenters. The number of carbonyl (C=O) groups is 2. The van der Waals surface area contributed by atoms with Crippen molar-refractivity contribution in [1.29, 1.82) is 0 Å². The van der Waals surface area contributed by atoms with Crippen LogP contribution in [0.2, 0.25) is 0 Å².